The highest BCUT2D eigenvalue weighted by atomic mass is 16.7. The van der Waals surface area contributed by atoms with Gasteiger partial charge in [0, 0.05) is 12.7 Å². The van der Waals surface area contributed by atoms with Gasteiger partial charge in [0.05, 0.1) is 19.2 Å². The first kappa shape index (κ1) is 18.6. The molecule has 3 atom stereocenters. The standard InChI is InChI=1S/C20H19N3O7/c1-10-8-28-15-7-22-6-12(17(24)18(25)16(22)20(27)23(10)15)19(26)21-5-11-2-3-13-14(4-11)30-9-29-13/h2-4,6,10,15-16H,5,7-9H2,1H3,(H,21,26)/t10-,15+,16?/m0/s1. The van der Waals surface area contributed by atoms with Gasteiger partial charge < -0.3 is 29.3 Å². The van der Waals surface area contributed by atoms with Crippen LogP contribution in [0, 0.1) is 0 Å². The van der Waals surface area contributed by atoms with Crippen LogP contribution in [0.25, 0.3) is 0 Å². The molecule has 0 spiro atoms. The van der Waals surface area contributed by atoms with Crippen LogP contribution in [0.2, 0.25) is 0 Å². The van der Waals surface area contributed by atoms with Gasteiger partial charge in [-0.15, -0.1) is 0 Å². The summed E-state index contributed by atoms with van der Waals surface area (Å²) in [7, 11) is 0. The van der Waals surface area contributed by atoms with Crippen molar-refractivity contribution in [3.05, 3.63) is 35.5 Å². The van der Waals surface area contributed by atoms with Crippen LogP contribution in [0.1, 0.15) is 12.5 Å². The number of benzene rings is 1. The van der Waals surface area contributed by atoms with Gasteiger partial charge in [-0.05, 0) is 24.6 Å². The Kier molecular flexibility index (Phi) is 4.24. The number of Topliss-reactive ketones (excluding diaryl/α,β-unsaturated/α-hetero) is 2. The molecule has 1 aromatic rings. The summed E-state index contributed by atoms with van der Waals surface area (Å²) in [5, 5.41) is 2.64. The van der Waals surface area contributed by atoms with Crippen LogP contribution >= 0.6 is 0 Å². The minimum Gasteiger partial charge on any atom is -0.454 e. The van der Waals surface area contributed by atoms with E-state index in [9.17, 15) is 19.2 Å². The molecule has 0 aromatic heterocycles. The molecule has 0 aliphatic carbocycles. The molecule has 4 aliphatic heterocycles. The highest BCUT2D eigenvalue weighted by Crippen LogP contribution is 2.32. The summed E-state index contributed by atoms with van der Waals surface area (Å²) in [6, 6.07) is 3.84. The summed E-state index contributed by atoms with van der Waals surface area (Å²) in [5.74, 6) is -1.80. The van der Waals surface area contributed by atoms with E-state index in [-0.39, 0.29) is 31.5 Å². The third-order valence-electron chi connectivity index (χ3n) is 5.65. The van der Waals surface area contributed by atoms with Crippen molar-refractivity contribution < 1.29 is 33.4 Å². The Hall–Kier alpha value is -3.40. The molecule has 1 N–H and O–H groups in total. The number of fused-ring (bicyclic) bond motifs is 3. The Morgan fingerprint density at radius 3 is 2.83 bits per heavy atom. The molecule has 5 rings (SSSR count). The summed E-state index contributed by atoms with van der Waals surface area (Å²) in [6.45, 7) is 2.69. The average molecular weight is 413 g/mol. The number of amides is 2. The van der Waals surface area contributed by atoms with Crippen molar-refractivity contribution in [3.8, 4) is 11.5 Å². The normalized spacial score (nSPS) is 27.0. The third kappa shape index (κ3) is 2.83. The van der Waals surface area contributed by atoms with Crippen LogP contribution in [0.3, 0.4) is 0 Å². The number of piperazine rings is 1. The van der Waals surface area contributed by atoms with E-state index in [4.69, 9.17) is 14.2 Å². The molecule has 0 radical (unpaired) electrons. The summed E-state index contributed by atoms with van der Waals surface area (Å²) < 4.78 is 16.2. The molecule has 156 valence electrons. The van der Waals surface area contributed by atoms with E-state index >= 15 is 0 Å². The molecule has 4 heterocycles. The van der Waals surface area contributed by atoms with Crippen molar-refractivity contribution >= 4 is 23.4 Å². The van der Waals surface area contributed by atoms with Crippen LogP contribution in [-0.4, -0.2) is 71.4 Å². The maximum absolute atomic E-state index is 12.8. The predicted octanol–water partition coefficient (Wildman–Crippen LogP) is -0.675. The van der Waals surface area contributed by atoms with E-state index < -0.39 is 35.7 Å². The number of nitrogens with zero attached hydrogens (tertiary/aromatic N) is 2. The van der Waals surface area contributed by atoms with Gasteiger partial charge in [0.25, 0.3) is 11.8 Å². The lowest BCUT2D eigenvalue weighted by molar-refractivity contribution is -0.159. The fourth-order valence-electron chi connectivity index (χ4n) is 4.12. The number of carbonyl (C=O) groups excluding carboxylic acids is 4. The summed E-state index contributed by atoms with van der Waals surface area (Å²) >= 11 is 0. The fraction of sp³-hybridized carbons (Fsp3) is 0.400. The number of rotatable bonds is 3. The first-order valence-electron chi connectivity index (χ1n) is 9.60. The second kappa shape index (κ2) is 6.84. The van der Waals surface area contributed by atoms with E-state index in [2.05, 4.69) is 5.32 Å². The maximum atomic E-state index is 12.8. The van der Waals surface area contributed by atoms with Crippen LogP contribution in [0.15, 0.2) is 30.0 Å². The summed E-state index contributed by atoms with van der Waals surface area (Å²) in [4.78, 5) is 53.6. The molecule has 1 aromatic carbocycles. The van der Waals surface area contributed by atoms with E-state index in [1.807, 2.05) is 6.92 Å². The topological polar surface area (TPSA) is 114 Å². The number of ketones is 2. The lowest BCUT2D eigenvalue weighted by atomic mass is 9.93. The van der Waals surface area contributed by atoms with Gasteiger partial charge in [-0.25, -0.2) is 0 Å². The molecule has 10 nitrogen and oxygen atoms in total. The fourth-order valence-corrected chi connectivity index (χ4v) is 4.12. The van der Waals surface area contributed by atoms with Crippen molar-refractivity contribution in [2.24, 2.45) is 0 Å². The highest BCUT2D eigenvalue weighted by Gasteiger charge is 2.52. The molecule has 4 aliphatic rings. The van der Waals surface area contributed by atoms with E-state index in [1.54, 1.807) is 18.2 Å². The van der Waals surface area contributed by atoms with Gasteiger partial charge in [-0.2, -0.15) is 0 Å². The minimum absolute atomic E-state index is 0.133. The van der Waals surface area contributed by atoms with Crippen molar-refractivity contribution in [1.29, 1.82) is 0 Å². The van der Waals surface area contributed by atoms with Crippen molar-refractivity contribution in [2.75, 3.05) is 19.9 Å². The van der Waals surface area contributed by atoms with Gasteiger partial charge >= 0.3 is 0 Å². The Balaban J connectivity index is 1.33. The second-order valence-electron chi connectivity index (χ2n) is 7.59. The SMILES string of the molecule is C[C@H]1CO[C@@H]2CN3C=C(C(=O)NCc4ccc5c(c4)OCO5)C(=O)C(=O)C3C(=O)N12. The lowest BCUT2D eigenvalue weighted by Gasteiger charge is -2.43. The average Bonchev–Trinajstić information content (AvgIpc) is 3.35. The van der Waals surface area contributed by atoms with Gasteiger partial charge in [0.15, 0.2) is 17.5 Å². The molecule has 10 heteroatoms. The number of carbonyl (C=O) groups is 4. The molecule has 0 saturated carbocycles. The molecule has 1 unspecified atom stereocenters. The molecule has 2 amide bonds. The van der Waals surface area contributed by atoms with Gasteiger partial charge in [0.1, 0.15) is 11.8 Å². The predicted molar refractivity (Wildman–Crippen MR) is 99.1 cm³/mol. The van der Waals surface area contributed by atoms with E-state index in [1.165, 1.54) is 16.0 Å². The molecular formula is C20H19N3O7. The first-order chi connectivity index (χ1) is 14.4. The number of ether oxygens (including phenoxy) is 3. The second-order valence-corrected chi connectivity index (χ2v) is 7.59. The summed E-state index contributed by atoms with van der Waals surface area (Å²) in [5.41, 5.74) is 0.460. The smallest absolute Gasteiger partial charge is 0.257 e. The zero-order valence-corrected chi connectivity index (χ0v) is 16.1. The minimum atomic E-state index is -1.23. The molecule has 0 bridgehead atoms. The van der Waals surface area contributed by atoms with E-state index in [0.29, 0.717) is 18.1 Å². The Labute approximate surface area is 171 Å². The Bertz CT molecular complexity index is 1000. The monoisotopic (exact) mass is 413 g/mol. The molecule has 30 heavy (non-hydrogen) atoms. The Morgan fingerprint density at radius 2 is 2.00 bits per heavy atom. The zero-order valence-electron chi connectivity index (χ0n) is 16.1. The quantitative estimate of drug-likeness (QED) is 0.394. The number of hydrogen-bond donors (Lipinski definition) is 1. The van der Waals surface area contributed by atoms with Crippen LogP contribution < -0.4 is 14.8 Å². The van der Waals surface area contributed by atoms with Gasteiger partial charge in [-0.1, -0.05) is 6.07 Å². The number of nitrogens with one attached hydrogen (secondary N) is 1. The van der Waals surface area contributed by atoms with Crippen LogP contribution in [0.4, 0.5) is 0 Å². The van der Waals surface area contributed by atoms with Crippen LogP contribution in [-0.2, 0) is 30.5 Å². The van der Waals surface area contributed by atoms with E-state index in [0.717, 1.165) is 5.56 Å². The zero-order chi connectivity index (χ0) is 21.0. The van der Waals surface area contributed by atoms with Crippen molar-refractivity contribution in [2.45, 2.75) is 31.8 Å². The molecule has 2 saturated heterocycles. The molecule has 2 fully saturated rings. The Morgan fingerprint density at radius 1 is 1.20 bits per heavy atom. The van der Waals surface area contributed by atoms with Crippen molar-refractivity contribution in [3.63, 3.8) is 0 Å². The number of hydrogen-bond acceptors (Lipinski definition) is 8. The van der Waals surface area contributed by atoms with Crippen LogP contribution in [0.5, 0.6) is 11.5 Å². The summed E-state index contributed by atoms with van der Waals surface area (Å²) in [6.07, 6.45) is 0.796. The highest BCUT2D eigenvalue weighted by molar-refractivity contribution is 6.53. The molecular weight excluding hydrogens is 394 g/mol. The maximum Gasteiger partial charge on any atom is 0.257 e. The first-order valence-corrected chi connectivity index (χ1v) is 9.60. The largest absolute Gasteiger partial charge is 0.454 e. The van der Waals surface area contributed by atoms with Gasteiger partial charge in [-0.3, -0.25) is 19.2 Å². The van der Waals surface area contributed by atoms with Crippen molar-refractivity contribution in [1.82, 2.24) is 15.1 Å². The third-order valence-corrected chi connectivity index (χ3v) is 5.65. The van der Waals surface area contributed by atoms with Gasteiger partial charge in [0.2, 0.25) is 18.4 Å². The lowest BCUT2D eigenvalue weighted by Crippen LogP contribution is -2.65.